The molecule has 0 aliphatic heterocycles. The molecule has 1 saturated carbocycles. The van der Waals surface area contributed by atoms with Crippen molar-refractivity contribution in [1.29, 1.82) is 0 Å². The maximum absolute atomic E-state index is 11.4. The lowest BCUT2D eigenvalue weighted by atomic mass is 10.1. The van der Waals surface area contributed by atoms with Gasteiger partial charge in [0.2, 0.25) is 0 Å². The maximum Gasteiger partial charge on any atom is 0.407 e. The molecule has 0 atom stereocenters. The van der Waals surface area contributed by atoms with E-state index < -0.39 is 12.1 Å². The quantitative estimate of drug-likeness (QED) is 0.452. The minimum Gasteiger partial charge on any atom is -0.461 e. The summed E-state index contributed by atoms with van der Waals surface area (Å²) >= 11 is 0. The van der Waals surface area contributed by atoms with Crippen LogP contribution >= 0.6 is 0 Å². The number of carbonyl (C=O) groups is 2. The SMILES string of the molecule is C=CC(=O)OCCNC(=O)OC1(C)CCCC1. The van der Waals surface area contributed by atoms with Crippen LogP contribution in [0.15, 0.2) is 12.7 Å². The van der Waals surface area contributed by atoms with E-state index in [1.807, 2.05) is 6.92 Å². The highest BCUT2D eigenvalue weighted by molar-refractivity contribution is 5.81. The number of ether oxygens (including phenoxy) is 2. The first-order valence-corrected chi connectivity index (χ1v) is 5.82. The molecular weight excluding hydrogens is 222 g/mol. The number of alkyl carbamates (subject to hydrolysis) is 1. The third-order valence-corrected chi connectivity index (χ3v) is 2.78. The molecule has 0 aromatic heterocycles. The lowest BCUT2D eigenvalue weighted by Crippen LogP contribution is -2.36. The van der Waals surface area contributed by atoms with Crippen LogP contribution in [-0.2, 0) is 14.3 Å². The highest BCUT2D eigenvalue weighted by atomic mass is 16.6. The fourth-order valence-electron chi connectivity index (χ4n) is 1.85. The van der Waals surface area contributed by atoms with E-state index in [1.165, 1.54) is 0 Å². The molecule has 96 valence electrons. The van der Waals surface area contributed by atoms with Gasteiger partial charge in [0.1, 0.15) is 12.2 Å². The summed E-state index contributed by atoms with van der Waals surface area (Å²) in [6.45, 7) is 5.57. The molecule has 0 heterocycles. The van der Waals surface area contributed by atoms with Gasteiger partial charge < -0.3 is 14.8 Å². The van der Waals surface area contributed by atoms with Gasteiger partial charge in [-0.25, -0.2) is 9.59 Å². The Bertz CT molecular complexity index is 295. The number of amides is 1. The van der Waals surface area contributed by atoms with E-state index in [-0.39, 0.29) is 18.8 Å². The molecule has 1 N–H and O–H groups in total. The zero-order chi connectivity index (χ0) is 12.7. The fourth-order valence-corrected chi connectivity index (χ4v) is 1.85. The number of nitrogens with one attached hydrogen (secondary N) is 1. The molecule has 1 aliphatic rings. The van der Waals surface area contributed by atoms with Crippen molar-refractivity contribution in [2.45, 2.75) is 38.2 Å². The van der Waals surface area contributed by atoms with E-state index in [4.69, 9.17) is 9.47 Å². The minimum absolute atomic E-state index is 0.122. The van der Waals surface area contributed by atoms with Crippen LogP contribution in [0.3, 0.4) is 0 Å². The molecule has 0 aromatic carbocycles. The number of hydrogen-bond donors (Lipinski definition) is 1. The van der Waals surface area contributed by atoms with Gasteiger partial charge in [0.15, 0.2) is 0 Å². The van der Waals surface area contributed by atoms with Gasteiger partial charge in [-0.2, -0.15) is 0 Å². The summed E-state index contributed by atoms with van der Waals surface area (Å²) in [7, 11) is 0. The third-order valence-electron chi connectivity index (χ3n) is 2.78. The minimum atomic E-state index is -0.497. The smallest absolute Gasteiger partial charge is 0.407 e. The molecule has 0 aromatic rings. The van der Waals surface area contributed by atoms with Crippen LogP contribution in [0, 0.1) is 0 Å². The number of carbonyl (C=O) groups excluding carboxylic acids is 2. The first kappa shape index (κ1) is 13.5. The van der Waals surface area contributed by atoms with Crippen molar-refractivity contribution in [2.75, 3.05) is 13.2 Å². The average molecular weight is 241 g/mol. The van der Waals surface area contributed by atoms with E-state index in [9.17, 15) is 9.59 Å². The zero-order valence-corrected chi connectivity index (χ0v) is 10.2. The van der Waals surface area contributed by atoms with Gasteiger partial charge in [-0.1, -0.05) is 6.58 Å². The summed E-state index contributed by atoms with van der Waals surface area (Å²) in [5, 5.41) is 2.54. The third kappa shape index (κ3) is 4.89. The summed E-state index contributed by atoms with van der Waals surface area (Å²) in [6, 6.07) is 0. The van der Waals surface area contributed by atoms with Crippen LogP contribution < -0.4 is 5.32 Å². The largest absolute Gasteiger partial charge is 0.461 e. The molecule has 5 heteroatoms. The summed E-state index contributed by atoms with van der Waals surface area (Å²) in [4.78, 5) is 22.1. The number of esters is 1. The Morgan fingerprint density at radius 3 is 2.65 bits per heavy atom. The van der Waals surface area contributed by atoms with Gasteiger partial charge in [0.25, 0.3) is 0 Å². The van der Waals surface area contributed by atoms with Crippen molar-refractivity contribution >= 4 is 12.1 Å². The standard InChI is InChI=1S/C12H19NO4/c1-3-10(14)16-9-8-13-11(15)17-12(2)6-4-5-7-12/h3H,1,4-9H2,2H3,(H,13,15). The monoisotopic (exact) mass is 241 g/mol. The molecule has 5 nitrogen and oxygen atoms in total. The number of hydrogen-bond acceptors (Lipinski definition) is 4. The molecule has 0 radical (unpaired) electrons. The molecule has 1 aliphatic carbocycles. The first-order chi connectivity index (χ1) is 8.06. The van der Waals surface area contributed by atoms with E-state index in [0.717, 1.165) is 31.8 Å². The van der Waals surface area contributed by atoms with E-state index in [1.54, 1.807) is 0 Å². The molecular formula is C12H19NO4. The van der Waals surface area contributed by atoms with E-state index in [0.29, 0.717) is 0 Å². The van der Waals surface area contributed by atoms with Crippen LogP contribution in [0.1, 0.15) is 32.6 Å². The molecule has 0 unspecified atom stereocenters. The second kappa shape index (κ2) is 6.27. The normalized spacial score (nSPS) is 17.2. The molecule has 1 rings (SSSR count). The summed E-state index contributed by atoms with van der Waals surface area (Å²) in [5.74, 6) is -0.497. The van der Waals surface area contributed by atoms with Gasteiger partial charge in [-0.05, 0) is 32.6 Å². The maximum atomic E-state index is 11.4. The van der Waals surface area contributed by atoms with Crippen LogP contribution in [0.2, 0.25) is 0 Å². The highest BCUT2D eigenvalue weighted by Crippen LogP contribution is 2.32. The zero-order valence-electron chi connectivity index (χ0n) is 10.2. The van der Waals surface area contributed by atoms with E-state index >= 15 is 0 Å². The molecule has 0 bridgehead atoms. The molecule has 1 fully saturated rings. The Morgan fingerprint density at radius 2 is 2.06 bits per heavy atom. The van der Waals surface area contributed by atoms with Crippen LogP contribution in [0.5, 0.6) is 0 Å². The summed E-state index contributed by atoms with van der Waals surface area (Å²) in [5.41, 5.74) is -0.331. The Kier molecular flexibility index (Phi) is 5.00. The Labute approximate surface area is 101 Å². The first-order valence-electron chi connectivity index (χ1n) is 5.82. The van der Waals surface area contributed by atoms with Gasteiger partial charge in [-0.3, -0.25) is 0 Å². The van der Waals surface area contributed by atoms with Gasteiger partial charge >= 0.3 is 12.1 Å². The van der Waals surface area contributed by atoms with Gasteiger partial charge in [0.05, 0.1) is 6.54 Å². The lowest BCUT2D eigenvalue weighted by Gasteiger charge is -2.23. The summed E-state index contributed by atoms with van der Waals surface area (Å²) < 4.78 is 10.0. The molecule has 17 heavy (non-hydrogen) atoms. The second-order valence-electron chi connectivity index (χ2n) is 4.34. The van der Waals surface area contributed by atoms with Gasteiger partial charge in [-0.15, -0.1) is 0 Å². The van der Waals surface area contributed by atoms with Crippen LogP contribution in [-0.4, -0.2) is 30.8 Å². The van der Waals surface area contributed by atoms with Crippen molar-refractivity contribution in [3.8, 4) is 0 Å². The predicted molar refractivity (Wildman–Crippen MR) is 62.5 cm³/mol. The topological polar surface area (TPSA) is 64.6 Å². The van der Waals surface area contributed by atoms with Crippen molar-refractivity contribution < 1.29 is 19.1 Å². The number of rotatable bonds is 5. The van der Waals surface area contributed by atoms with Crippen LogP contribution in [0.4, 0.5) is 4.79 Å². The molecule has 1 amide bonds. The molecule has 0 saturated heterocycles. The van der Waals surface area contributed by atoms with Crippen molar-refractivity contribution in [1.82, 2.24) is 5.32 Å². The molecule has 0 spiro atoms. The Balaban J connectivity index is 2.13. The summed E-state index contributed by atoms with van der Waals surface area (Å²) in [6.07, 6.45) is 4.64. The highest BCUT2D eigenvalue weighted by Gasteiger charge is 2.32. The fraction of sp³-hybridized carbons (Fsp3) is 0.667. The lowest BCUT2D eigenvalue weighted by molar-refractivity contribution is -0.137. The van der Waals surface area contributed by atoms with Crippen molar-refractivity contribution in [2.24, 2.45) is 0 Å². The second-order valence-corrected chi connectivity index (χ2v) is 4.34. The van der Waals surface area contributed by atoms with Crippen LogP contribution in [0.25, 0.3) is 0 Å². The van der Waals surface area contributed by atoms with E-state index in [2.05, 4.69) is 11.9 Å². The van der Waals surface area contributed by atoms with Gasteiger partial charge in [0, 0.05) is 6.08 Å². The van der Waals surface area contributed by atoms with Crippen molar-refractivity contribution in [3.63, 3.8) is 0 Å². The van der Waals surface area contributed by atoms with Crippen molar-refractivity contribution in [3.05, 3.63) is 12.7 Å². The average Bonchev–Trinajstić information content (AvgIpc) is 2.70. The Morgan fingerprint density at radius 1 is 1.41 bits per heavy atom. The predicted octanol–water partition coefficient (Wildman–Crippen LogP) is 1.77. The Hall–Kier alpha value is -1.52.